The number of benzene rings is 1. The van der Waals surface area contributed by atoms with Gasteiger partial charge in [0.05, 0.1) is 5.69 Å². The molecule has 0 heterocycles. The molecule has 4 N–H and O–H groups in total. The van der Waals surface area contributed by atoms with Crippen LogP contribution in [-0.4, -0.2) is 26.2 Å². The number of anilines is 1. The van der Waals surface area contributed by atoms with Gasteiger partial charge in [0.15, 0.2) is 0 Å². The minimum atomic E-state index is -3.69. The van der Waals surface area contributed by atoms with Gasteiger partial charge in [-0.3, -0.25) is 0 Å². The van der Waals surface area contributed by atoms with E-state index < -0.39 is 10.0 Å². The summed E-state index contributed by atoms with van der Waals surface area (Å²) in [6, 6.07) is 2.90. The molecule has 1 aromatic carbocycles. The normalized spacial score (nSPS) is 13.5. The summed E-state index contributed by atoms with van der Waals surface area (Å²) in [7, 11) is -3.69. The number of hydrogen-bond acceptors (Lipinski definition) is 4. The number of hydrogen-bond donors (Lipinski definition) is 3. The van der Waals surface area contributed by atoms with E-state index in [1.807, 2.05) is 0 Å². The summed E-state index contributed by atoms with van der Waals surface area (Å²) < 4.78 is 28.2. The second kappa shape index (κ2) is 7.03. The molecular formula is C11H16Br2N2O3S. The van der Waals surface area contributed by atoms with E-state index in [9.17, 15) is 8.42 Å². The molecule has 1 atom stereocenters. The van der Waals surface area contributed by atoms with Crippen molar-refractivity contribution < 1.29 is 13.5 Å². The quantitative estimate of drug-likeness (QED) is 0.621. The van der Waals surface area contributed by atoms with Crippen molar-refractivity contribution >= 4 is 47.6 Å². The molecule has 0 aliphatic carbocycles. The fourth-order valence-electron chi connectivity index (χ4n) is 1.64. The van der Waals surface area contributed by atoms with E-state index in [-0.39, 0.29) is 23.2 Å². The van der Waals surface area contributed by atoms with Crippen LogP contribution in [0.1, 0.15) is 19.8 Å². The smallest absolute Gasteiger partial charge is 0.243 e. The Balaban J connectivity index is 3.01. The summed E-state index contributed by atoms with van der Waals surface area (Å²) in [6.07, 6.45) is 1.10. The predicted octanol–water partition coefficient (Wildman–Crippen LogP) is 2.23. The summed E-state index contributed by atoms with van der Waals surface area (Å²) in [5, 5.41) is 8.74. The zero-order valence-corrected chi connectivity index (χ0v) is 14.3. The molecule has 0 aromatic heterocycles. The fourth-order valence-corrected chi connectivity index (χ4v) is 4.99. The third-order valence-electron chi connectivity index (χ3n) is 2.46. The Labute approximate surface area is 129 Å². The Morgan fingerprint density at radius 3 is 2.58 bits per heavy atom. The number of aliphatic hydroxyl groups is 1. The van der Waals surface area contributed by atoms with Gasteiger partial charge in [0.2, 0.25) is 10.0 Å². The Morgan fingerprint density at radius 2 is 2.05 bits per heavy atom. The van der Waals surface area contributed by atoms with E-state index in [1.54, 1.807) is 13.0 Å². The maximum atomic E-state index is 12.3. The highest BCUT2D eigenvalue weighted by Crippen LogP contribution is 2.31. The molecule has 0 saturated heterocycles. The Hall–Kier alpha value is -0.150. The van der Waals surface area contributed by atoms with Gasteiger partial charge in [-0.25, -0.2) is 13.1 Å². The molecule has 0 spiro atoms. The van der Waals surface area contributed by atoms with Gasteiger partial charge in [0.1, 0.15) is 4.90 Å². The van der Waals surface area contributed by atoms with Gasteiger partial charge in [0, 0.05) is 21.6 Å². The predicted molar refractivity (Wildman–Crippen MR) is 82.4 cm³/mol. The standard InChI is InChI=1S/C11H16Br2N2O3S/c1-7(3-2-4-16)15-19(17,18)11-9(13)5-8(12)6-10(11)14/h5-7,15-16H,2-4,14H2,1H3. The van der Waals surface area contributed by atoms with Crippen LogP contribution in [-0.2, 0) is 10.0 Å². The van der Waals surface area contributed by atoms with Crippen LogP contribution >= 0.6 is 31.9 Å². The van der Waals surface area contributed by atoms with Gasteiger partial charge in [0.25, 0.3) is 0 Å². The number of nitrogen functional groups attached to an aromatic ring is 1. The monoisotopic (exact) mass is 414 g/mol. The van der Waals surface area contributed by atoms with Crippen LogP contribution in [0.5, 0.6) is 0 Å². The van der Waals surface area contributed by atoms with Crippen molar-refractivity contribution in [1.29, 1.82) is 0 Å². The average molecular weight is 416 g/mol. The lowest BCUT2D eigenvalue weighted by Gasteiger charge is -2.16. The van der Waals surface area contributed by atoms with Crippen LogP contribution < -0.4 is 10.5 Å². The lowest BCUT2D eigenvalue weighted by Crippen LogP contribution is -2.33. The number of nitrogens with one attached hydrogen (secondary N) is 1. The van der Waals surface area contributed by atoms with Crippen LogP contribution in [0, 0.1) is 0 Å². The first-order valence-corrected chi connectivity index (χ1v) is 8.72. The number of aliphatic hydroxyl groups excluding tert-OH is 1. The largest absolute Gasteiger partial charge is 0.398 e. The van der Waals surface area contributed by atoms with Crippen molar-refractivity contribution in [2.24, 2.45) is 0 Å². The van der Waals surface area contributed by atoms with E-state index >= 15 is 0 Å². The van der Waals surface area contributed by atoms with Crippen LogP contribution in [0.15, 0.2) is 26.0 Å². The average Bonchev–Trinajstić information content (AvgIpc) is 2.23. The molecule has 1 rings (SSSR count). The third kappa shape index (κ3) is 4.71. The van der Waals surface area contributed by atoms with Gasteiger partial charge in [-0.1, -0.05) is 15.9 Å². The van der Waals surface area contributed by atoms with E-state index in [1.165, 1.54) is 6.07 Å². The first-order valence-electron chi connectivity index (χ1n) is 5.65. The van der Waals surface area contributed by atoms with Crippen LogP contribution in [0.4, 0.5) is 5.69 Å². The number of halogens is 2. The minimum Gasteiger partial charge on any atom is -0.398 e. The fraction of sp³-hybridized carbons (Fsp3) is 0.455. The van der Waals surface area contributed by atoms with Crippen LogP contribution in [0.2, 0.25) is 0 Å². The Morgan fingerprint density at radius 1 is 1.42 bits per heavy atom. The summed E-state index contributed by atoms with van der Waals surface area (Å²) in [6.45, 7) is 1.78. The summed E-state index contributed by atoms with van der Waals surface area (Å²) in [5.41, 5.74) is 5.93. The van der Waals surface area contributed by atoms with E-state index in [0.29, 0.717) is 21.8 Å². The molecule has 0 fully saturated rings. The van der Waals surface area contributed by atoms with Crippen molar-refractivity contribution in [2.45, 2.75) is 30.7 Å². The highest BCUT2D eigenvalue weighted by molar-refractivity contribution is 9.11. The van der Waals surface area contributed by atoms with Crippen molar-refractivity contribution in [3.8, 4) is 0 Å². The van der Waals surface area contributed by atoms with Crippen LogP contribution in [0.25, 0.3) is 0 Å². The molecule has 0 bridgehead atoms. The molecule has 8 heteroatoms. The molecule has 0 amide bonds. The summed E-state index contributed by atoms with van der Waals surface area (Å²) in [4.78, 5) is 0.0338. The second-order valence-electron chi connectivity index (χ2n) is 4.19. The van der Waals surface area contributed by atoms with Crippen molar-refractivity contribution in [3.05, 3.63) is 21.1 Å². The van der Waals surface area contributed by atoms with Gasteiger partial charge in [-0.2, -0.15) is 0 Å². The molecule has 1 unspecified atom stereocenters. The highest BCUT2D eigenvalue weighted by Gasteiger charge is 2.23. The third-order valence-corrected chi connectivity index (χ3v) is 5.51. The molecule has 0 aliphatic rings. The molecule has 5 nitrogen and oxygen atoms in total. The molecule has 0 aliphatic heterocycles. The molecule has 1 aromatic rings. The molecule has 19 heavy (non-hydrogen) atoms. The Bertz CT molecular complexity index is 526. The summed E-state index contributed by atoms with van der Waals surface area (Å²) >= 11 is 6.45. The number of rotatable bonds is 6. The number of sulfonamides is 1. The molecule has 0 saturated carbocycles. The first kappa shape index (κ1) is 16.9. The van der Waals surface area contributed by atoms with E-state index in [4.69, 9.17) is 10.8 Å². The van der Waals surface area contributed by atoms with Crippen molar-refractivity contribution in [2.75, 3.05) is 12.3 Å². The van der Waals surface area contributed by atoms with Crippen molar-refractivity contribution in [1.82, 2.24) is 4.72 Å². The lowest BCUT2D eigenvalue weighted by molar-refractivity contribution is 0.279. The van der Waals surface area contributed by atoms with E-state index in [0.717, 1.165) is 0 Å². The zero-order chi connectivity index (χ0) is 14.6. The van der Waals surface area contributed by atoms with Gasteiger partial charge < -0.3 is 10.8 Å². The van der Waals surface area contributed by atoms with E-state index in [2.05, 4.69) is 36.6 Å². The topological polar surface area (TPSA) is 92.4 Å². The van der Waals surface area contributed by atoms with Gasteiger partial charge in [-0.15, -0.1) is 0 Å². The lowest BCUT2D eigenvalue weighted by atomic mass is 10.2. The minimum absolute atomic E-state index is 0.0338. The second-order valence-corrected chi connectivity index (χ2v) is 7.61. The zero-order valence-electron chi connectivity index (χ0n) is 10.4. The van der Waals surface area contributed by atoms with Crippen LogP contribution in [0.3, 0.4) is 0 Å². The maximum Gasteiger partial charge on any atom is 0.243 e. The van der Waals surface area contributed by atoms with Gasteiger partial charge in [-0.05, 0) is 47.8 Å². The molecule has 0 radical (unpaired) electrons. The number of nitrogens with two attached hydrogens (primary N) is 1. The Kier molecular flexibility index (Phi) is 6.25. The molecule has 108 valence electrons. The van der Waals surface area contributed by atoms with Crippen molar-refractivity contribution in [3.63, 3.8) is 0 Å². The highest BCUT2D eigenvalue weighted by atomic mass is 79.9. The SMILES string of the molecule is CC(CCCO)NS(=O)(=O)c1c(N)cc(Br)cc1Br. The summed E-state index contributed by atoms with van der Waals surface area (Å²) in [5.74, 6) is 0. The first-order chi connectivity index (χ1) is 8.77. The maximum absolute atomic E-state index is 12.3. The molecular weight excluding hydrogens is 400 g/mol. The van der Waals surface area contributed by atoms with Gasteiger partial charge >= 0.3 is 0 Å².